The van der Waals surface area contributed by atoms with Crippen LogP contribution < -0.4 is 9.64 Å². The largest absolute Gasteiger partial charge is 0.480 e. The van der Waals surface area contributed by atoms with Crippen molar-refractivity contribution >= 4 is 73.1 Å². The number of halogens is 2. The molecular weight excluding hydrogens is 439 g/mol. The van der Waals surface area contributed by atoms with Crippen molar-refractivity contribution < 1.29 is 14.6 Å². The molecule has 4 rings (SSSR count). The molecule has 0 fully saturated rings. The third-order valence-corrected chi connectivity index (χ3v) is 6.56. The molecule has 0 saturated carbocycles. The van der Waals surface area contributed by atoms with Gasteiger partial charge in [-0.1, -0.05) is 30.1 Å². The van der Waals surface area contributed by atoms with Crippen LogP contribution in [-0.4, -0.2) is 22.6 Å². The number of aromatic nitrogens is 1. The highest BCUT2D eigenvalue weighted by atomic mass is 35.5. The smallest absolute Gasteiger partial charge is 0.323 e. The van der Waals surface area contributed by atoms with E-state index in [-0.39, 0.29) is 6.54 Å². The average Bonchev–Trinajstić information content (AvgIpc) is 3.25. The summed E-state index contributed by atoms with van der Waals surface area (Å²) < 4.78 is 7.67. The molecule has 2 aromatic heterocycles. The Labute approximate surface area is 179 Å². The first-order valence-corrected chi connectivity index (χ1v) is 10.8. The Morgan fingerprint density at radius 1 is 1.32 bits per heavy atom. The van der Waals surface area contributed by atoms with E-state index < -0.39 is 5.97 Å². The van der Waals surface area contributed by atoms with Gasteiger partial charge in [-0.2, -0.15) is 0 Å². The number of allylic oxidation sites excluding steroid dienone is 2. The fraction of sp³-hybridized carbons (Fsp3) is 0.158. The number of hydrogen-bond acceptors (Lipinski definition) is 6. The number of thiophene rings is 1. The van der Waals surface area contributed by atoms with E-state index in [1.807, 2.05) is 25.1 Å². The maximum atomic E-state index is 11.3. The van der Waals surface area contributed by atoms with Gasteiger partial charge in [0, 0.05) is 11.1 Å². The summed E-state index contributed by atoms with van der Waals surface area (Å²) in [7, 11) is 0. The Balaban J connectivity index is 1.69. The second kappa shape index (κ2) is 7.75. The molecule has 0 saturated heterocycles. The molecule has 0 spiro atoms. The van der Waals surface area contributed by atoms with Gasteiger partial charge in [-0.25, -0.2) is 4.98 Å². The van der Waals surface area contributed by atoms with E-state index in [1.54, 1.807) is 34.4 Å². The quantitative estimate of drug-likeness (QED) is 0.493. The van der Waals surface area contributed by atoms with E-state index in [0.29, 0.717) is 22.3 Å². The molecule has 3 aromatic rings. The average molecular weight is 453 g/mol. The Morgan fingerprint density at radius 2 is 2.14 bits per heavy atom. The van der Waals surface area contributed by atoms with E-state index in [1.165, 1.54) is 11.3 Å². The lowest BCUT2D eigenvalue weighted by molar-refractivity contribution is -0.135. The van der Waals surface area contributed by atoms with E-state index in [4.69, 9.17) is 27.9 Å². The number of ether oxygens (including phenoxy) is 1. The van der Waals surface area contributed by atoms with Crippen LogP contribution in [0.15, 0.2) is 41.8 Å². The first-order valence-electron chi connectivity index (χ1n) is 8.38. The summed E-state index contributed by atoms with van der Waals surface area (Å²) >= 11 is 15.1. The number of carbonyl (C=O) groups is 1. The predicted octanol–water partition coefficient (Wildman–Crippen LogP) is 6.28. The normalized spacial score (nSPS) is 15.3. The number of rotatable bonds is 5. The van der Waals surface area contributed by atoms with Crippen LogP contribution in [0.2, 0.25) is 9.36 Å². The second-order valence-electron chi connectivity index (χ2n) is 6.02. The van der Waals surface area contributed by atoms with E-state index >= 15 is 0 Å². The zero-order chi connectivity index (χ0) is 19.8. The maximum Gasteiger partial charge on any atom is 0.323 e. The molecule has 0 bridgehead atoms. The predicted molar refractivity (Wildman–Crippen MR) is 116 cm³/mol. The zero-order valence-corrected chi connectivity index (χ0v) is 17.8. The molecule has 28 heavy (non-hydrogen) atoms. The summed E-state index contributed by atoms with van der Waals surface area (Å²) in [6, 6.07) is 7.07. The molecule has 144 valence electrons. The molecule has 1 aliphatic rings. The third-order valence-electron chi connectivity index (χ3n) is 4.09. The van der Waals surface area contributed by atoms with Gasteiger partial charge in [-0.05, 0) is 42.3 Å². The Bertz CT molecular complexity index is 1100. The summed E-state index contributed by atoms with van der Waals surface area (Å²) in [5, 5.41) is 10.7. The minimum Gasteiger partial charge on any atom is -0.480 e. The molecule has 1 N–H and O–H groups in total. The van der Waals surface area contributed by atoms with Crippen LogP contribution in [0.3, 0.4) is 0 Å². The fourth-order valence-electron chi connectivity index (χ4n) is 2.83. The molecule has 5 nitrogen and oxygen atoms in total. The molecule has 0 unspecified atom stereocenters. The van der Waals surface area contributed by atoms with Crippen LogP contribution >= 0.6 is 45.9 Å². The number of carboxylic acids is 1. The fourth-order valence-corrected chi connectivity index (χ4v) is 5.32. The minimum absolute atomic E-state index is 0.221. The Hall–Kier alpha value is -2.06. The molecular formula is C19H14Cl2N2O3S2. The van der Waals surface area contributed by atoms with Crippen molar-refractivity contribution in [3.8, 4) is 5.75 Å². The van der Waals surface area contributed by atoms with E-state index in [2.05, 4.69) is 4.98 Å². The highest BCUT2D eigenvalue weighted by Crippen LogP contribution is 2.41. The Kier molecular flexibility index (Phi) is 5.33. The summed E-state index contributed by atoms with van der Waals surface area (Å²) in [5.74, 6) is 0.0762. The number of thiazole rings is 1. The van der Waals surface area contributed by atoms with Crippen molar-refractivity contribution in [3.63, 3.8) is 0 Å². The van der Waals surface area contributed by atoms with Gasteiger partial charge in [0.2, 0.25) is 5.88 Å². The van der Waals surface area contributed by atoms with Crippen LogP contribution in [0.4, 0.5) is 5.69 Å². The van der Waals surface area contributed by atoms with Crippen molar-refractivity contribution in [2.75, 3.05) is 11.4 Å². The van der Waals surface area contributed by atoms with Gasteiger partial charge < -0.3 is 9.84 Å². The highest BCUT2D eigenvalue weighted by molar-refractivity contribution is 7.29. The number of benzene rings is 1. The van der Waals surface area contributed by atoms with Crippen molar-refractivity contribution in [3.05, 3.63) is 56.2 Å². The summed E-state index contributed by atoms with van der Waals surface area (Å²) in [5.41, 5.74) is 1.61. The number of nitrogens with zero attached hydrogens (tertiary/aromatic N) is 2. The first-order chi connectivity index (χ1) is 13.4. The van der Waals surface area contributed by atoms with Crippen LogP contribution in [-0.2, 0) is 4.79 Å². The van der Waals surface area contributed by atoms with Crippen LogP contribution in [0.1, 0.15) is 18.4 Å². The minimum atomic E-state index is -0.957. The second-order valence-corrected chi connectivity index (χ2v) is 9.18. The Morgan fingerprint density at radius 3 is 2.86 bits per heavy atom. The number of hydrogen-bond donors (Lipinski definition) is 1. The van der Waals surface area contributed by atoms with Crippen LogP contribution in [0.25, 0.3) is 15.6 Å². The summed E-state index contributed by atoms with van der Waals surface area (Å²) in [4.78, 5) is 18.5. The molecule has 0 radical (unpaired) electrons. The monoisotopic (exact) mass is 452 g/mol. The number of aliphatic carboxylic acids is 1. The molecule has 0 amide bonds. The SMILES string of the molecule is CCC(=Cc1nc2sc(Cl)cc2s1)C=C1Oc2ccc(Cl)cc2N1CC(=O)O. The molecule has 0 atom stereocenters. The van der Waals surface area contributed by atoms with Crippen LogP contribution in [0.5, 0.6) is 5.75 Å². The van der Waals surface area contributed by atoms with Gasteiger partial charge in [0.05, 0.1) is 14.7 Å². The van der Waals surface area contributed by atoms with Gasteiger partial charge in [-0.15, -0.1) is 22.7 Å². The van der Waals surface area contributed by atoms with E-state index in [0.717, 1.165) is 30.9 Å². The number of anilines is 1. The van der Waals surface area contributed by atoms with Gasteiger partial charge in [0.25, 0.3) is 0 Å². The van der Waals surface area contributed by atoms with Gasteiger partial charge >= 0.3 is 5.97 Å². The van der Waals surface area contributed by atoms with E-state index in [9.17, 15) is 9.90 Å². The lowest BCUT2D eigenvalue weighted by Crippen LogP contribution is -2.27. The van der Waals surface area contributed by atoms with Gasteiger partial charge in [0.15, 0.2) is 5.75 Å². The lowest BCUT2D eigenvalue weighted by atomic mass is 10.2. The van der Waals surface area contributed by atoms with Crippen molar-refractivity contribution in [2.45, 2.75) is 13.3 Å². The molecule has 1 aromatic carbocycles. The molecule has 9 heteroatoms. The zero-order valence-electron chi connectivity index (χ0n) is 14.6. The summed E-state index contributed by atoms with van der Waals surface area (Å²) in [6.45, 7) is 1.80. The van der Waals surface area contributed by atoms with Crippen molar-refractivity contribution in [1.82, 2.24) is 4.98 Å². The first kappa shape index (κ1) is 19.3. The molecule has 0 aliphatic carbocycles. The maximum absolute atomic E-state index is 11.3. The topological polar surface area (TPSA) is 62.7 Å². The third kappa shape index (κ3) is 3.89. The van der Waals surface area contributed by atoms with Crippen LogP contribution in [0, 0.1) is 0 Å². The van der Waals surface area contributed by atoms with Crippen molar-refractivity contribution in [1.29, 1.82) is 0 Å². The summed E-state index contributed by atoms with van der Waals surface area (Å²) in [6.07, 6.45) is 4.56. The number of fused-ring (bicyclic) bond motifs is 2. The standard InChI is InChI=1S/C19H14Cl2N2O3S2/c1-2-10(5-16-22-19-14(27-16)8-15(21)28-19)6-17-23(9-18(24)25)12-7-11(20)3-4-13(12)26-17/h3-8H,2,9H2,1H3,(H,24,25). The van der Waals surface area contributed by atoms with Gasteiger partial charge in [0.1, 0.15) is 16.4 Å². The highest BCUT2D eigenvalue weighted by Gasteiger charge is 2.28. The number of carboxylic acid groups (broad SMARTS) is 1. The molecule has 1 aliphatic heterocycles. The molecule has 3 heterocycles. The van der Waals surface area contributed by atoms with Gasteiger partial charge in [-0.3, -0.25) is 9.69 Å². The van der Waals surface area contributed by atoms with Crippen molar-refractivity contribution in [2.24, 2.45) is 0 Å². The lowest BCUT2D eigenvalue weighted by Gasteiger charge is -2.16.